The summed E-state index contributed by atoms with van der Waals surface area (Å²) < 4.78 is 15.9. The number of benzene rings is 1. The number of likely N-dealkylation sites (tertiary alicyclic amines) is 1. The maximum absolute atomic E-state index is 15.9. The van der Waals surface area contributed by atoms with Gasteiger partial charge in [-0.25, -0.2) is 4.39 Å². The Labute approximate surface area is 216 Å². The number of fused-ring (bicyclic) bond motifs is 1. The summed E-state index contributed by atoms with van der Waals surface area (Å²) in [5.74, 6) is 1.28. The van der Waals surface area contributed by atoms with Crippen LogP contribution in [0.1, 0.15) is 96.0 Å². The van der Waals surface area contributed by atoms with Gasteiger partial charge >= 0.3 is 0 Å². The SMILES string of the molecule is CC(=O)N1CCC(c2cccc(NC(=O)C3CC4(C5CCCCCC5)C(F)CCC(C)C4N3)c2)CC1. The van der Waals surface area contributed by atoms with Gasteiger partial charge in [-0.1, -0.05) is 44.7 Å². The quantitative estimate of drug-likeness (QED) is 0.517. The largest absolute Gasteiger partial charge is 0.343 e. The number of piperidine rings is 1. The van der Waals surface area contributed by atoms with Gasteiger partial charge in [0, 0.05) is 37.2 Å². The van der Waals surface area contributed by atoms with Gasteiger partial charge in [-0.3, -0.25) is 9.59 Å². The Bertz CT molecular complexity index is 938. The average Bonchev–Trinajstić information content (AvgIpc) is 3.11. The van der Waals surface area contributed by atoms with Crippen LogP contribution in [0.25, 0.3) is 0 Å². The maximum atomic E-state index is 15.9. The van der Waals surface area contributed by atoms with Crippen LogP contribution in [0, 0.1) is 17.3 Å². The normalized spacial score (nSPS) is 34.1. The van der Waals surface area contributed by atoms with Crippen molar-refractivity contribution in [2.45, 2.75) is 109 Å². The van der Waals surface area contributed by atoms with E-state index in [1.165, 1.54) is 31.2 Å². The highest BCUT2D eigenvalue weighted by Gasteiger charge is 2.60. The second kappa shape index (κ2) is 10.8. The van der Waals surface area contributed by atoms with Crippen molar-refractivity contribution in [3.63, 3.8) is 0 Å². The number of halogens is 1. The molecule has 4 aliphatic rings. The first kappa shape index (κ1) is 25.7. The summed E-state index contributed by atoms with van der Waals surface area (Å²) in [7, 11) is 0. The highest BCUT2D eigenvalue weighted by atomic mass is 19.1. The van der Waals surface area contributed by atoms with Crippen molar-refractivity contribution in [1.82, 2.24) is 10.2 Å². The molecule has 4 fully saturated rings. The van der Waals surface area contributed by atoms with E-state index in [4.69, 9.17) is 0 Å². The van der Waals surface area contributed by atoms with Gasteiger partial charge in [0.2, 0.25) is 11.8 Å². The lowest BCUT2D eigenvalue weighted by Gasteiger charge is -2.50. The fraction of sp³-hybridized carbons (Fsp3) is 0.733. The van der Waals surface area contributed by atoms with Crippen molar-refractivity contribution >= 4 is 17.5 Å². The number of nitrogens with one attached hydrogen (secondary N) is 2. The molecule has 0 bridgehead atoms. The summed E-state index contributed by atoms with van der Waals surface area (Å²) in [6, 6.07) is 7.92. The fourth-order valence-electron chi connectivity index (χ4n) is 8.06. The third-order valence-corrected chi connectivity index (χ3v) is 10.0. The number of carbonyl (C=O) groups is 2. The predicted octanol–water partition coefficient (Wildman–Crippen LogP) is 5.81. The third-order valence-electron chi connectivity index (χ3n) is 10.0. The highest BCUT2D eigenvalue weighted by molar-refractivity contribution is 5.95. The summed E-state index contributed by atoms with van der Waals surface area (Å²) in [5.41, 5.74) is 1.63. The smallest absolute Gasteiger partial charge is 0.241 e. The molecule has 5 nitrogen and oxygen atoms in total. The van der Waals surface area contributed by atoms with Crippen LogP contribution >= 0.6 is 0 Å². The van der Waals surface area contributed by atoms with E-state index < -0.39 is 11.6 Å². The zero-order chi connectivity index (χ0) is 25.3. The highest BCUT2D eigenvalue weighted by Crippen LogP contribution is 2.56. The Balaban J connectivity index is 1.29. The molecule has 0 spiro atoms. The summed E-state index contributed by atoms with van der Waals surface area (Å²) in [6.07, 6.45) is 10.3. The molecular formula is C30H44FN3O2. The zero-order valence-electron chi connectivity index (χ0n) is 22.1. The average molecular weight is 498 g/mol. The number of nitrogens with zero attached hydrogens (tertiary/aromatic N) is 1. The molecule has 2 N–H and O–H groups in total. The number of alkyl halides is 1. The van der Waals surface area contributed by atoms with Crippen molar-refractivity contribution in [3.8, 4) is 0 Å². The fourth-order valence-corrected chi connectivity index (χ4v) is 8.06. The van der Waals surface area contributed by atoms with Crippen LogP contribution in [-0.2, 0) is 9.59 Å². The first-order valence-corrected chi connectivity index (χ1v) is 14.4. The molecule has 5 rings (SSSR count). The van der Waals surface area contributed by atoms with Crippen molar-refractivity contribution in [1.29, 1.82) is 0 Å². The molecule has 0 radical (unpaired) electrons. The lowest BCUT2D eigenvalue weighted by Crippen LogP contribution is -2.55. The van der Waals surface area contributed by atoms with Gasteiger partial charge in [0.15, 0.2) is 0 Å². The van der Waals surface area contributed by atoms with E-state index in [1.54, 1.807) is 6.92 Å². The van der Waals surface area contributed by atoms with E-state index in [2.05, 4.69) is 29.7 Å². The van der Waals surface area contributed by atoms with Crippen LogP contribution in [0.15, 0.2) is 24.3 Å². The molecule has 5 atom stereocenters. The summed E-state index contributed by atoms with van der Waals surface area (Å²) in [4.78, 5) is 27.1. The monoisotopic (exact) mass is 497 g/mol. The summed E-state index contributed by atoms with van der Waals surface area (Å²) >= 11 is 0. The van der Waals surface area contributed by atoms with Crippen molar-refractivity contribution in [2.24, 2.45) is 17.3 Å². The third kappa shape index (κ3) is 4.94. The number of hydrogen-bond donors (Lipinski definition) is 2. The number of anilines is 1. The van der Waals surface area contributed by atoms with Gasteiger partial charge in [-0.05, 0) is 80.4 Å². The standard InChI is InChI=1S/C30H44FN3O2/c1-20-12-13-27(31)30(24-9-5-3-4-6-10-24)19-26(33-28(20)30)29(36)32-25-11-7-8-23(18-25)22-14-16-34(17-15-22)21(2)35/h7-8,11,18,20,22,24,26-28,33H,3-6,9-10,12-17,19H2,1-2H3,(H,32,36). The minimum atomic E-state index is -0.823. The molecule has 2 saturated heterocycles. The molecule has 6 heteroatoms. The van der Waals surface area contributed by atoms with Gasteiger partial charge in [-0.2, -0.15) is 0 Å². The summed E-state index contributed by atoms with van der Waals surface area (Å²) in [6.45, 7) is 5.46. The molecule has 2 aliphatic heterocycles. The zero-order valence-corrected chi connectivity index (χ0v) is 22.1. The molecule has 2 heterocycles. The molecule has 2 amide bonds. The Kier molecular flexibility index (Phi) is 7.71. The van der Waals surface area contributed by atoms with Crippen LogP contribution in [0.5, 0.6) is 0 Å². The minimum Gasteiger partial charge on any atom is -0.343 e. The Morgan fingerprint density at radius 3 is 2.44 bits per heavy atom. The van der Waals surface area contributed by atoms with E-state index in [-0.39, 0.29) is 23.9 Å². The first-order chi connectivity index (χ1) is 17.4. The van der Waals surface area contributed by atoms with Crippen LogP contribution in [-0.4, -0.2) is 48.1 Å². The molecule has 36 heavy (non-hydrogen) atoms. The van der Waals surface area contributed by atoms with E-state index >= 15 is 4.39 Å². The molecule has 1 aromatic rings. The molecule has 0 aromatic heterocycles. The first-order valence-electron chi connectivity index (χ1n) is 14.4. The molecule has 2 aliphatic carbocycles. The number of rotatable bonds is 4. The van der Waals surface area contributed by atoms with Gasteiger partial charge < -0.3 is 15.5 Å². The summed E-state index contributed by atoms with van der Waals surface area (Å²) in [5, 5.41) is 6.83. The Morgan fingerprint density at radius 1 is 1.03 bits per heavy atom. The van der Waals surface area contributed by atoms with Crippen molar-refractivity contribution in [2.75, 3.05) is 18.4 Å². The number of hydrogen-bond acceptors (Lipinski definition) is 3. The Hall–Kier alpha value is -1.95. The predicted molar refractivity (Wildman–Crippen MR) is 142 cm³/mol. The number of carbonyl (C=O) groups excluding carboxylic acids is 2. The van der Waals surface area contributed by atoms with Crippen molar-refractivity contribution in [3.05, 3.63) is 29.8 Å². The van der Waals surface area contributed by atoms with E-state index in [9.17, 15) is 9.59 Å². The van der Waals surface area contributed by atoms with Crippen LogP contribution < -0.4 is 10.6 Å². The van der Waals surface area contributed by atoms with Crippen LogP contribution in [0.4, 0.5) is 10.1 Å². The van der Waals surface area contributed by atoms with E-state index in [0.717, 1.165) is 50.9 Å². The van der Waals surface area contributed by atoms with Gasteiger partial charge in [0.05, 0.1) is 6.04 Å². The lowest BCUT2D eigenvalue weighted by molar-refractivity contribution is -0.129. The van der Waals surface area contributed by atoms with E-state index in [0.29, 0.717) is 30.6 Å². The topological polar surface area (TPSA) is 61.4 Å². The minimum absolute atomic E-state index is 0.0275. The van der Waals surface area contributed by atoms with Crippen LogP contribution in [0.2, 0.25) is 0 Å². The molecular weight excluding hydrogens is 453 g/mol. The molecule has 198 valence electrons. The second-order valence-corrected chi connectivity index (χ2v) is 12.1. The number of amides is 2. The van der Waals surface area contributed by atoms with Gasteiger partial charge in [0.25, 0.3) is 0 Å². The molecule has 5 unspecified atom stereocenters. The van der Waals surface area contributed by atoms with Gasteiger partial charge in [0.1, 0.15) is 6.17 Å². The van der Waals surface area contributed by atoms with Crippen LogP contribution in [0.3, 0.4) is 0 Å². The Morgan fingerprint density at radius 2 is 1.75 bits per heavy atom. The maximum Gasteiger partial charge on any atom is 0.241 e. The second-order valence-electron chi connectivity index (χ2n) is 12.1. The molecule has 2 saturated carbocycles. The molecule has 1 aromatic carbocycles. The van der Waals surface area contributed by atoms with Crippen molar-refractivity contribution < 1.29 is 14.0 Å². The van der Waals surface area contributed by atoms with Gasteiger partial charge in [-0.15, -0.1) is 0 Å². The lowest BCUT2D eigenvalue weighted by atomic mass is 9.57. The van der Waals surface area contributed by atoms with E-state index in [1.807, 2.05) is 17.0 Å².